The van der Waals surface area contributed by atoms with Crippen LogP contribution in [0.25, 0.3) is 0 Å². The molecule has 0 fully saturated rings. The molecule has 2 aromatic rings. The first-order valence-electron chi connectivity index (χ1n) is 8.05. The lowest BCUT2D eigenvalue weighted by Crippen LogP contribution is -2.35. The zero-order valence-electron chi connectivity index (χ0n) is 14.4. The molecule has 0 bridgehead atoms. The molecule has 2 aromatic carbocycles. The maximum Gasteiger partial charge on any atom is 0.222 e. The lowest BCUT2D eigenvalue weighted by Gasteiger charge is -2.19. The first-order valence-corrected chi connectivity index (χ1v) is 8.43. The van der Waals surface area contributed by atoms with Crippen molar-refractivity contribution < 1.29 is 9.59 Å². The second kappa shape index (κ2) is 10.8. The van der Waals surface area contributed by atoms with Crippen LogP contribution in [0.3, 0.4) is 0 Å². The third kappa shape index (κ3) is 7.04. The Morgan fingerprint density at radius 2 is 1.65 bits per heavy atom. The molecule has 0 saturated heterocycles. The molecule has 7 heteroatoms. The maximum atomic E-state index is 12.3. The van der Waals surface area contributed by atoms with Crippen LogP contribution < -0.4 is 16.4 Å². The minimum absolute atomic E-state index is 0. The van der Waals surface area contributed by atoms with Gasteiger partial charge in [-0.25, -0.2) is 0 Å². The molecule has 0 saturated carbocycles. The van der Waals surface area contributed by atoms with Crippen molar-refractivity contribution >= 4 is 35.8 Å². The molecule has 0 spiro atoms. The van der Waals surface area contributed by atoms with Gasteiger partial charge in [0.05, 0.1) is 12.5 Å². The summed E-state index contributed by atoms with van der Waals surface area (Å²) in [5.74, 6) is -0.381. The summed E-state index contributed by atoms with van der Waals surface area (Å²) in [5.41, 5.74) is 7.86. The summed E-state index contributed by atoms with van der Waals surface area (Å²) in [6.45, 7) is 1.75. The summed E-state index contributed by atoms with van der Waals surface area (Å²) in [5, 5.41) is 6.22. The maximum absolute atomic E-state index is 12.3. The molecular weight excluding hydrogens is 373 g/mol. The predicted molar refractivity (Wildman–Crippen MR) is 106 cm³/mol. The standard InChI is InChI=1S/C19H22ClN3O2.ClH/c1-13(24)23-18(15-7-9-16(20)10-8-15)11-19(25)22-12-17(21)14-5-3-2-4-6-14;/h2-10,17-18H,11-12,21H2,1H3,(H,22,25)(H,23,24);1H. The minimum Gasteiger partial charge on any atom is -0.354 e. The van der Waals surface area contributed by atoms with E-state index in [1.807, 2.05) is 30.3 Å². The third-order valence-electron chi connectivity index (χ3n) is 3.79. The Bertz CT molecular complexity index is 708. The lowest BCUT2D eigenvalue weighted by molar-refractivity contribution is -0.122. The van der Waals surface area contributed by atoms with Crippen LogP contribution in [0.15, 0.2) is 54.6 Å². The molecule has 4 N–H and O–H groups in total. The average molecular weight is 396 g/mol. The van der Waals surface area contributed by atoms with Gasteiger partial charge in [-0.05, 0) is 23.3 Å². The van der Waals surface area contributed by atoms with Gasteiger partial charge in [0.1, 0.15) is 0 Å². The number of carbonyl (C=O) groups is 2. The van der Waals surface area contributed by atoms with E-state index in [4.69, 9.17) is 17.3 Å². The number of benzene rings is 2. The molecule has 26 heavy (non-hydrogen) atoms. The van der Waals surface area contributed by atoms with E-state index in [2.05, 4.69) is 10.6 Å². The van der Waals surface area contributed by atoms with Crippen molar-refractivity contribution in [3.05, 3.63) is 70.7 Å². The summed E-state index contributed by atoms with van der Waals surface area (Å²) in [4.78, 5) is 23.7. The van der Waals surface area contributed by atoms with Crippen molar-refractivity contribution in [2.45, 2.75) is 25.4 Å². The number of halogens is 2. The molecule has 140 valence electrons. The molecule has 0 radical (unpaired) electrons. The zero-order chi connectivity index (χ0) is 18.2. The van der Waals surface area contributed by atoms with Gasteiger partial charge in [0.2, 0.25) is 11.8 Å². The van der Waals surface area contributed by atoms with Gasteiger partial charge in [0.25, 0.3) is 0 Å². The number of hydrogen-bond acceptors (Lipinski definition) is 3. The molecule has 2 atom stereocenters. The highest BCUT2D eigenvalue weighted by Crippen LogP contribution is 2.19. The number of hydrogen-bond donors (Lipinski definition) is 3. The molecular formula is C19H23Cl2N3O2. The van der Waals surface area contributed by atoms with Crippen molar-refractivity contribution in [3.8, 4) is 0 Å². The summed E-state index contributed by atoms with van der Waals surface area (Å²) in [7, 11) is 0. The van der Waals surface area contributed by atoms with E-state index in [9.17, 15) is 9.59 Å². The number of nitrogens with one attached hydrogen (secondary N) is 2. The largest absolute Gasteiger partial charge is 0.354 e. The SMILES string of the molecule is CC(=O)NC(CC(=O)NCC(N)c1ccccc1)c1ccc(Cl)cc1.Cl. The van der Waals surface area contributed by atoms with Crippen molar-refractivity contribution in [1.29, 1.82) is 0 Å². The zero-order valence-corrected chi connectivity index (χ0v) is 16.0. The van der Waals surface area contributed by atoms with Crippen LogP contribution in [0.4, 0.5) is 0 Å². The Kier molecular flexibility index (Phi) is 9.13. The first kappa shape index (κ1) is 22.0. The Morgan fingerprint density at radius 1 is 1.04 bits per heavy atom. The molecule has 0 aliphatic rings. The Hall–Kier alpha value is -2.08. The van der Waals surface area contributed by atoms with E-state index < -0.39 is 6.04 Å². The van der Waals surface area contributed by atoms with Crippen LogP contribution in [0, 0.1) is 0 Å². The summed E-state index contributed by atoms with van der Waals surface area (Å²) >= 11 is 5.89. The van der Waals surface area contributed by atoms with Gasteiger partial charge in [-0.15, -0.1) is 12.4 Å². The van der Waals surface area contributed by atoms with Gasteiger partial charge < -0.3 is 16.4 Å². The highest BCUT2D eigenvalue weighted by Gasteiger charge is 2.17. The van der Waals surface area contributed by atoms with E-state index in [1.54, 1.807) is 24.3 Å². The average Bonchev–Trinajstić information content (AvgIpc) is 2.60. The van der Waals surface area contributed by atoms with Gasteiger partial charge in [-0.1, -0.05) is 54.1 Å². The van der Waals surface area contributed by atoms with E-state index in [1.165, 1.54) is 6.92 Å². The van der Waals surface area contributed by atoms with Gasteiger partial charge in [0.15, 0.2) is 0 Å². The topological polar surface area (TPSA) is 84.2 Å². The van der Waals surface area contributed by atoms with Crippen LogP contribution in [-0.2, 0) is 9.59 Å². The molecule has 0 aromatic heterocycles. The van der Waals surface area contributed by atoms with Crippen LogP contribution in [0.2, 0.25) is 5.02 Å². The quantitative estimate of drug-likeness (QED) is 0.672. The highest BCUT2D eigenvalue weighted by molar-refractivity contribution is 6.30. The molecule has 0 heterocycles. The normalized spacial score (nSPS) is 12.4. The van der Waals surface area contributed by atoms with Gasteiger partial charge in [-0.3, -0.25) is 9.59 Å². The first-order chi connectivity index (χ1) is 12.0. The van der Waals surface area contributed by atoms with Crippen LogP contribution in [0.1, 0.15) is 36.6 Å². The van der Waals surface area contributed by atoms with Crippen molar-refractivity contribution in [2.75, 3.05) is 6.54 Å². The highest BCUT2D eigenvalue weighted by atomic mass is 35.5. The van der Waals surface area contributed by atoms with E-state index in [-0.39, 0.29) is 36.7 Å². The fraction of sp³-hybridized carbons (Fsp3) is 0.263. The molecule has 2 amide bonds. The molecule has 0 aliphatic carbocycles. The third-order valence-corrected chi connectivity index (χ3v) is 4.04. The van der Waals surface area contributed by atoms with E-state index in [0.29, 0.717) is 11.6 Å². The minimum atomic E-state index is -0.414. The second-order valence-corrected chi connectivity index (χ2v) is 6.27. The number of carbonyl (C=O) groups excluding carboxylic acids is 2. The Labute approximate surface area is 164 Å². The molecule has 2 rings (SSSR count). The Balaban J connectivity index is 0.00000338. The van der Waals surface area contributed by atoms with Crippen LogP contribution in [0.5, 0.6) is 0 Å². The number of amides is 2. The van der Waals surface area contributed by atoms with Crippen molar-refractivity contribution in [2.24, 2.45) is 5.73 Å². The van der Waals surface area contributed by atoms with E-state index >= 15 is 0 Å². The van der Waals surface area contributed by atoms with E-state index in [0.717, 1.165) is 11.1 Å². The summed E-state index contributed by atoms with van der Waals surface area (Å²) in [6.07, 6.45) is 0.128. The monoisotopic (exact) mass is 395 g/mol. The predicted octanol–water partition coefficient (Wildman–Crippen LogP) is 3.15. The summed E-state index contributed by atoms with van der Waals surface area (Å²) in [6, 6.07) is 15.9. The molecule has 2 unspecified atom stereocenters. The molecule has 0 aliphatic heterocycles. The number of rotatable bonds is 7. The van der Waals surface area contributed by atoms with Gasteiger partial charge in [0, 0.05) is 24.5 Å². The number of nitrogens with two attached hydrogens (primary N) is 1. The lowest BCUT2D eigenvalue weighted by atomic mass is 10.0. The molecule has 5 nitrogen and oxygen atoms in total. The van der Waals surface area contributed by atoms with Gasteiger partial charge in [-0.2, -0.15) is 0 Å². The van der Waals surface area contributed by atoms with Crippen molar-refractivity contribution in [3.63, 3.8) is 0 Å². The smallest absolute Gasteiger partial charge is 0.222 e. The summed E-state index contributed by atoms with van der Waals surface area (Å²) < 4.78 is 0. The fourth-order valence-electron chi connectivity index (χ4n) is 2.49. The van der Waals surface area contributed by atoms with Crippen molar-refractivity contribution in [1.82, 2.24) is 10.6 Å². The van der Waals surface area contributed by atoms with Gasteiger partial charge >= 0.3 is 0 Å². The second-order valence-electron chi connectivity index (χ2n) is 5.83. The fourth-order valence-corrected chi connectivity index (χ4v) is 2.62. The van der Waals surface area contributed by atoms with Crippen LogP contribution >= 0.6 is 24.0 Å². The Morgan fingerprint density at radius 3 is 2.23 bits per heavy atom. The van der Waals surface area contributed by atoms with Crippen LogP contribution in [-0.4, -0.2) is 18.4 Å².